The molecule has 0 aromatic carbocycles. The molecule has 0 aliphatic rings. The number of aliphatic hydroxyl groups excluding tert-OH is 3. The van der Waals surface area contributed by atoms with E-state index in [9.17, 15) is 20.1 Å². The van der Waals surface area contributed by atoms with E-state index in [4.69, 9.17) is 0 Å². The smallest absolute Gasteiger partial charge is 0.249 e. The standard InChI is InChI=1S/C50H99NO4/c1-3-5-7-9-11-13-15-17-19-21-23-24-25-27-29-31-33-35-37-39-41-43-45-49(54)50(55)51-47(46-52)48(53)44-42-40-38-36-34-32-30-28-26-22-20-18-16-14-12-10-8-6-4-2/h42,44,47-49,52-54H,3-41,43,45-46H2,1-2H3,(H,51,55)/b44-42+. The van der Waals surface area contributed by atoms with Crippen LogP contribution in [0.15, 0.2) is 12.2 Å². The highest BCUT2D eigenvalue weighted by Gasteiger charge is 2.22. The zero-order valence-electron chi connectivity index (χ0n) is 37.3. The number of hydrogen-bond donors (Lipinski definition) is 4. The minimum absolute atomic E-state index is 0.359. The fraction of sp³-hybridized carbons (Fsp3) is 0.940. The van der Waals surface area contributed by atoms with Crippen molar-refractivity contribution in [3.63, 3.8) is 0 Å². The Hall–Kier alpha value is -0.910. The summed E-state index contributed by atoms with van der Waals surface area (Å²) in [6.07, 6.45) is 55.5. The molecule has 0 bridgehead atoms. The zero-order chi connectivity index (χ0) is 40.1. The van der Waals surface area contributed by atoms with Crippen LogP contribution in [-0.4, -0.2) is 46.1 Å². The normalized spacial score (nSPS) is 13.5. The summed E-state index contributed by atoms with van der Waals surface area (Å²) in [5.74, 6) is -0.497. The van der Waals surface area contributed by atoms with Gasteiger partial charge < -0.3 is 20.6 Å². The first-order valence-electron chi connectivity index (χ1n) is 25.0. The van der Waals surface area contributed by atoms with E-state index >= 15 is 0 Å². The largest absolute Gasteiger partial charge is 0.394 e. The van der Waals surface area contributed by atoms with Gasteiger partial charge in [-0.1, -0.05) is 270 Å². The van der Waals surface area contributed by atoms with Gasteiger partial charge in [0.05, 0.1) is 18.8 Å². The summed E-state index contributed by atoms with van der Waals surface area (Å²) in [5.41, 5.74) is 0. The Morgan fingerprint density at radius 1 is 0.436 bits per heavy atom. The molecule has 4 N–H and O–H groups in total. The van der Waals surface area contributed by atoms with E-state index in [0.29, 0.717) is 6.42 Å². The SMILES string of the molecule is CCCCCCCCCCCCCCCCCCC/C=C/C(O)C(CO)NC(=O)C(O)CCCCCCCCCCCCCCCCCCCCCCCC. The first-order chi connectivity index (χ1) is 27.1. The molecule has 0 spiro atoms. The average Bonchev–Trinajstić information content (AvgIpc) is 3.19. The first-order valence-corrected chi connectivity index (χ1v) is 25.0. The molecule has 3 atom stereocenters. The van der Waals surface area contributed by atoms with Gasteiger partial charge in [0, 0.05) is 0 Å². The predicted molar refractivity (Wildman–Crippen MR) is 241 cm³/mol. The van der Waals surface area contributed by atoms with Crippen molar-refractivity contribution < 1.29 is 20.1 Å². The minimum Gasteiger partial charge on any atom is -0.394 e. The van der Waals surface area contributed by atoms with Crippen molar-refractivity contribution in [2.45, 2.75) is 295 Å². The van der Waals surface area contributed by atoms with E-state index < -0.39 is 24.2 Å². The Labute approximate surface area is 344 Å². The maximum absolute atomic E-state index is 12.5. The van der Waals surface area contributed by atoms with Crippen molar-refractivity contribution in [3.05, 3.63) is 12.2 Å². The third kappa shape index (κ3) is 41.1. The van der Waals surface area contributed by atoms with Crippen LogP contribution in [0.5, 0.6) is 0 Å². The van der Waals surface area contributed by atoms with Gasteiger partial charge in [-0.05, 0) is 19.3 Å². The number of hydrogen-bond acceptors (Lipinski definition) is 4. The summed E-state index contributed by atoms with van der Waals surface area (Å²) < 4.78 is 0. The summed E-state index contributed by atoms with van der Waals surface area (Å²) in [7, 11) is 0. The molecule has 0 aromatic heterocycles. The minimum atomic E-state index is -1.09. The van der Waals surface area contributed by atoms with E-state index in [1.165, 1.54) is 225 Å². The van der Waals surface area contributed by atoms with Crippen LogP contribution < -0.4 is 5.32 Å². The molecule has 0 saturated carbocycles. The van der Waals surface area contributed by atoms with E-state index in [1.807, 2.05) is 6.08 Å². The molecule has 1 amide bonds. The number of amides is 1. The maximum Gasteiger partial charge on any atom is 0.249 e. The number of carbonyl (C=O) groups excluding carboxylic acids is 1. The molecule has 328 valence electrons. The number of allylic oxidation sites excluding steroid dienone is 1. The van der Waals surface area contributed by atoms with Gasteiger partial charge in [-0.2, -0.15) is 0 Å². The Morgan fingerprint density at radius 3 is 1.00 bits per heavy atom. The van der Waals surface area contributed by atoms with Gasteiger partial charge in [0.1, 0.15) is 6.10 Å². The summed E-state index contributed by atoms with van der Waals surface area (Å²) in [6, 6.07) is -0.793. The van der Waals surface area contributed by atoms with Crippen LogP contribution >= 0.6 is 0 Å². The van der Waals surface area contributed by atoms with Crippen molar-refractivity contribution in [2.75, 3.05) is 6.61 Å². The van der Waals surface area contributed by atoms with Crippen LogP contribution in [0.4, 0.5) is 0 Å². The maximum atomic E-state index is 12.5. The Bertz CT molecular complexity index is 773. The summed E-state index contributed by atoms with van der Waals surface area (Å²) in [5, 5.41) is 33.3. The lowest BCUT2D eigenvalue weighted by Gasteiger charge is -2.21. The Kier molecular flexibility index (Phi) is 45.0. The van der Waals surface area contributed by atoms with Crippen molar-refractivity contribution in [3.8, 4) is 0 Å². The quantitative estimate of drug-likeness (QED) is 0.0366. The van der Waals surface area contributed by atoms with Crippen LogP contribution in [0.2, 0.25) is 0 Å². The number of unbranched alkanes of at least 4 members (excludes halogenated alkanes) is 38. The molecule has 5 nitrogen and oxygen atoms in total. The highest BCUT2D eigenvalue weighted by atomic mass is 16.3. The predicted octanol–water partition coefficient (Wildman–Crippen LogP) is 14.8. The topological polar surface area (TPSA) is 89.8 Å². The fourth-order valence-corrected chi connectivity index (χ4v) is 7.95. The molecule has 0 heterocycles. The molecule has 0 fully saturated rings. The lowest BCUT2D eigenvalue weighted by Crippen LogP contribution is -2.48. The summed E-state index contributed by atoms with van der Waals surface area (Å²) in [6.45, 7) is 4.21. The molecule has 0 saturated heterocycles. The van der Waals surface area contributed by atoms with Crippen molar-refractivity contribution in [2.24, 2.45) is 0 Å². The van der Waals surface area contributed by atoms with Crippen molar-refractivity contribution >= 4 is 5.91 Å². The number of rotatable bonds is 46. The van der Waals surface area contributed by atoms with Crippen molar-refractivity contribution in [1.82, 2.24) is 5.32 Å². The highest BCUT2D eigenvalue weighted by Crippen LogP contribution is 2.17. The zero-order valence-corrected chi connectivity index (χ0v) is 37.3. The number of aliphatic hydroxyl groups is 3. The highest BCUT2D eigenvalue weighted by molar-refractivity contribution is 5.80. The van der Waals surface area contributed by atoms with Crippen molar-refractivity contribution in [1.29, 1.82) is 0 Å². The first kappa shape index (κ1) is 54.1. The third-order valence-electron chi connectivity index (χ3n) is 11.9. The van der Waals surface area contributed by atoms with Crippen LogP contribution in [0.1, 0.15) is 277 Å². The molecular weight excluding hydrogens is 679 g/mol. The lowest BCUT2D eigenvalue weighted by atomic mass is 10.0. The molecule has 0 radical (unpaired) electrons. The molecular formula is C50H99NO4. The molecule has 0 aliphatic heterocycles. The summed E-state index contributed by atoms with van der Waals surface area (Å²) in [4.78, 5) is 12.5. The van der Waals surface area contributed by atoms with E-state index in [2.05, 4.69) is 19.2 Å². The average molecular weight is 778 g/mol. The lowest BCUT2D eigenvalue weighted by molar-refractivity contribution is -0.131. The number of nitrogens with one attached hydrogen (secondary N) is 1. The van der Waals surface area contributed by atoms with Gasteiger partial charge in [-0.25, -0.2) is 0 Å². The van der Waals surface area contributed by atoms with E-state index in [0.717, 1.165) is 32.1 Å². The van der Waals surface area contributed by atoms with Crippen LogP contribution in [0, 0.1) is 0 Å². The van der Waals surface area contributed by atoms with Gasteiger partial charge in [0.25, 0.3) is 0 Å². The van der Waals surface area contributed by atoms with E-state index in [-0.39, 0.29) is 6.61 Å². The third-order valence-corrected chi connectivity index (χ3v) is 11.9. The molecule has 3 unspecified atom stereocenters. The second-order valence-corrected chi connectivity index (χ2v) is 17.4. The van der Waals surface area contributed by atoms with Gasteiger partial charge in [-0.15, -0.1) is 0 Å². The molecule has 0 aliphatic carbocycles. The molecule has 5 heteroatoms. The number of carbonyl (C=O) groups is 1. The monoisotopic (exact) mass is 778 g/mol. The van der Waals surface area contributed by atoms with E-state index in [1.54, 1.807) is 6.08 Å². The second-order valence-electron chi connectivity index (χ2n) is 17.4. The Morgan fingerprint density at radius 2 is 0.709 bits per heavy atom. The summed E-state index contributed by atoms with van der Waals surface area (Å²) >= 11 is 0. The van der Waals surface area contributed by atoms with Gasteiger partial charge in [0.2, 0.25) is 5.91 Å². The second kappa shape index (κ2) is 45.8. The van der Waals surface area contributed by atoms with Crippen LogP contribution in [0.3, 0.4) is 0 Å². The molecule has 55 heavy (non-hydrogen) atoms. The van der Waals surface area contributed by atoms with Crippen LogP contribution in [0.25, 0.3) is 0 Å². The molecule has 0 rings (SSSR count). The van der Waals surface area contributed by atoms with Crippen LogP contribution in [-0.2, 0) is 4.79 Å². The van der Waals surface area contributed by atoms with Gasteiger partial charge in [-0.3, -0.25) is 4.79 Å². The molecule has 0 aromatic rings. The van der Waals surface area contributed by atoms with Gasteiger partial charge >= 0.3 is 0 Å². The fourth-order valence-electron chi connectivity index (χ4n) is 7.95. The Balaban J connectivity index is 3.58. The van der Waals surface area contributed by atoms with Gasteiger partial charge in [0.15, 0.2) is 0 Å².